The first-order chi connectivity index (χ1) is 15.7. The summed E-state index contributed by atoms with van der Waals surface area (Å²) in [5.74, 6) is -1.53. The number of halogens is 1. The number of carbonyl (C=O) groups excluding carboxylic acids is 2. The van der Waals surface area contributed by atoms with Crippen molar-refractivity contribution >= 4 is 22.5 Å². The van der Waals surface area contributed by atoms with Gasteiger partial charge in [-0.15, -0.1) is 0 Å². The summed E-state index contributed by atoms with van der Waals surface area (Å²) in [6.07, 6.45) is 0. The highest BCUT2D eigenvalue weighted by molar-refractivity contribution is 6.04. The summed E-state index contributed by atoms with van der Waals surface area (Å²) >= 11 is 0. The molecule has 0 aliphatic carbocycles. The largest absolute Gasteiger partial charge is 0.452 e. The Bertz CT molecular complexity index is 1480. The first-order valence-electron chi connectivity index (χ1n) is 10.3. The maximum absolute atomic E-state index is 14.1. The van der Waals surface area contributed by atoms with E-state index in [4.69, 9.17) is 4.74 Å². The molecule has 0 aliphatic heterocycles. The van der Waals surface area contributed by atoms with Crippen molar-refractivity contribution in [1.82, 2.24) is 14.3 Å². The molecule has 0 unspecified atom stereocenters. The molecule has 0 atom stereocenters. The number of fused-ring (bicyclic) bond motifs is 1. The summed E-state index contributed by atoms with van der Waals surface area (Å²) in [7, 11) is 1.44. The third-order valence-electron chi connectivity index (χ3n) is 5.63. The lowest BCUT2D eigenvalue weighted by molar-refractivity contribution is 0.0468. The molecule has 2 aromatic carbocycles. The molecule has 168 valence electrons. The highest BCUT2D eigenvalue weighted by Crippen LogP contribution is 2.23. The van der Waals surface area contributed by atoms with Gasteiger partial charge in [0.05, 0.1) is 5.39 Å². The van der Waals surface area contributed by atoms with Gasteiger partial charge in [-0.3, -0.25) is 9.59 Å². The lowest BCUT2D eigenvalue weighted by Gasteiger charge is -2.11. The van der Waals surface area contributed by atoms with Crippen LogP contribution < -0.4 is 5.56 Å². The van der Waals surface area contributed by atoms with E-state index in [2.05, 4.69) is 5.10 Å². The van der Waals surface area contributed by atoms with Gasteiger partial charge in [-0.2, -0.15) is 5.10 Å². The average Bonchev–Trinajstić information content (AvgIpc) is 3.10. The van der Waals surface area contributed by atoms with E-state index < -0.39 is 18.4 Å². The fourth-order valence-electron chi connectivity index (χ4n) is 3.89. The molecule has 8 heteroatoms. The molecule has 0 N–H and O–H groups in total. The molecule has 0 saturated heterocycles. The summed E-state index contributed by atoms with van der Waals surface area (Å²) in [5.41, 5.74) is 2.49. The number of Topliss-reactive ketones (excluding diaryl/α,β-unsaturated/α-hetero) is 1. The summed E-state index contributed by atoms with van der Waals surface area (Å²) in [6, 6.07) is 13.1. The maximum Gasteiger partial charge on any atom is 0.359 e. The van der Waals surface area contributed by atoms with Crippen LogP contribution in [-0.4, -0.2) is 32.7 Å². The van der Waals surface area contributed by atoms with Gasteiger partial charge in [0.15, 0.2) is 12.3 Å². The predicted molar refractivity (Wildman–Crippen MR) is 122 cm³/mol. The summed E-state index contributed by atoms with van der Waals surface area (Å²) in [5, 5.41) is 4.72. The minimum Gasteiger partial charge on any atom is -0.452 e. The van der Waals surface area contributed by atoms with Crippen LogP contribution >= 0.6 is 0 Å². The van der Waals surface area contributed by atoms with E-state index in [0.29, 0.717) is 33.3 Å². The Morgan fingerprint density at radius 1 is 1.03 bits per heavy atom. The predicted octanol–water partition coefficient (Wildman–Crippen LogP) is 3.83. The van der Waals surface area contributed by atoms with Crippen molar-refractivity contribution in [3.8, 4) is 5.69 Å². The SMILES string of the molecule is Cc1ccc(-n2c(C)cc(C(=O)COC(=O)c3nn(C)c(=O)c4ccccc34)c2C)cc1F. The lowest BCUT2D eigenvalue weighted by atomic mass is 10.1. The van der Waals surface area contributed by atoms with Crippen LogP contribution in [0.1, 0.15) is 37.8 Å². The molecule has 0 spiro atoms. The van der Waals surface area contributed by atoms with Gasteiger partial charge in [-0.05, 0) is 50.6 Å². The van der Waals surface area contributed by atoms with Gasteiger partial charge < -0.3 is 9.30 Å². The Morgan fingerprint density at radius 2 is 1.73 bits per heavy atom. The summed E-state index contributed by atoms with van der Waals surface area (Å²) < 4.78 is 22.2. The van der Waals surface area contributed by atoms with Crippen LogP contribution in [0.4, 0.5) is 4.39 Å². The van der Waals surface area contributed by atoms with Gasteiger partial charge in [-0.1, -0.05) is 24.3 Å². The third-order valence-corrected chi connectivity index (χ3v) is 5.63. The fraction of sp³-hybridized carbons (Fsp3) is 0.200. The summed E-state index contributed by atoms with van der Waals surface area (Å²) in [6.45, 7) is 4.75. The molecular formula is C25H22FN3O4. The number of hydrogen-bond acceptors (Lipinski definition) is 5. The van der Waals surface area contributed by atoms with Crippen molar-refractivity contribution in [2.24, 2.45) is 7.05 Å². The highest BCUT2D eigenvalue weighted by Gasteiger charge is 2.21. The van der Waals surface area contributed by atoms with E-state index in [0.717, 1.165) is 10.4 Å². The second-order valence-corrected chi connectivity index (χ2v) is 7.88. The second-order valence-electron chi connectivity index (χ2n) is 7.88. The number of aryl methyl sites for hydroxylation is 3. The Kier molecular flexibility index (Phi) is 5.68. The molecule has 0 bridgehead atoms. The molecule has 7 nitrogen and oxygen atoms in total. The van der Waals surface area contributed by atoms with Gasteiger partial charge in [-0.25, -0.2) is 13.9 Å². The fourth-order valence-corrected chi connectivity index (χ4v) is 3.89. The Hall–Kier alpha value is -4.07. The van der Waals surface area contributed by atoms with Crippen LogP contribution in [0.2, 0.25) is 0 Å². The van der Waals surface area contributed by atoms with Crippen LogP contribution in [0, 0.1) is 26.6 Å². The zero-order valence-electron chi connectivity index (χ0n) is 18.7. The van der Waals surface area contributed by atoms with Gasteiger partial charge >= 0.3 is 5.97 Å². The first-order valence-corrected chi connectivity index (χ1v) is 10.3. The van der Waals surface area contributed by atoms with Crippen LogP contribution in [-0.2, 0) is 11.8 Å². The molecule has 0 aliphatic rings. The van der Waals surface area contributed by atoms with Crippen molar-refractivity contribution in [2.75, 3.05) is 6.61 Å². The van der Waals surface area contributed by atoms with Crippen molar-refractivity contribution in [3.05, 3.63) is 92.9 Å². The van der Waals surface area contributed by atoms with E-state index in [-0.39, 0.29) is 17.1 Å². The minimum absolute atomic E-state index is 0.0406. The molecule has 0 amide bonds. The molecule has 2 aromatic heterocycles. The van der Waals surface area contributed by atoms with Gasteiger partial charge in [0.25, 0.3) is 5.56 Å². The molecule has 4 rings (SSSR count). The zero-order valence-corrected chi connectivity index (χ0v) is 18.7. The summed E-state index contributed by atoms with van der Waals surface area (Å²) in [4.78, 5) is 37.8. The second kappa shape index (κ2) is 8.46. The normalized spacial score (nSPS) is 11.1. The van der Waals surface area contributed by atoms with E-state index in [1.807, 2.05) is 6.92 Å². The van der Waals surface area contributed by atoms with Crippen LogP contribution in [0.3, 0.4) is 0 Å². The molecular weight excluding hydrogens is 425 g/mol. The number of hydrogen-bond donors (Lipinski definition) is 0. The zero-order chi connectivity index (χ0) is 23.9. The third kappa shape index (κ3) is 3.95. The van der Waals surface area contributed by atoms with Crippen molar-refractivity contribution in [3.63, 3.8) is 0 Å². The number of carbonyl (C=O) groups is 2. The number of esters is 1. The number of aromatic nitrogens is 3. The monoisotopic (exact) mass is 447 g/mol. The molecule has 0 radical (unpaired) electrons. The van der Waals surface area contributed by atoms with Gasteiger partial charge in [0, 0.05) is 35.1 Å². The smallest absolute Gasteiger partial charge is 0.359 e. The van der Waals surface area contributed by atoms with E-state index >= 15 is 0 Å². The first kappa shape index (κ1) is 22.1. The van der Waals surface area contributed by atoms with Crippen molar-refractivity contribution in [1.29, 1.82) is 0 Å². The number of nitrogens with zero attached hydrogens (tertiary/aromatic N) is 3. The quantitative estimate of drug-likeness (QED) is 0.343. The highest BCUT2D eigenvalue weighted by atomic mass is 19.1. The number of benzene rings is 2. The maximum atomic E-state index is 14.1. The van der Waals surface area contributed by atoms with Crippen LogP contribution in [0.25, 0.3) is 16.5 Å². The topological polar surface area (TPSA) is 83.2 Å². The standard InChI is InChI=1S/C25H22FN3O4/c1-14-9-10-17(12-21(14)26)29-15(2)11-20(16(29)3)22(30)13-33-25(32)23-18-7-5-6-8-19(18)24(31)28(4)27-23/h5-12H,13H2,1-4H3. The Balaban J connectivity index is 1.59. The minimum atomic E-state index is -0.801. The Morgan fingerprint density at radius 3 is 2.42 bits per heavy atom. The van der Waals surface area contributed by atoms with Gasteiger partial charge in [0.2, 0.25) is 5.78 Å². The molecule has 2 heterocycles. The van der Waals surface area contributed by atoms with E-state index in [9.17, 15) is 18.8 Å². The Labute approximate surface area is 189 Å². The van der Waals surface area contributed by atoms with Crippen molar-refractivity contribution < 1.29 is 18.7 Å². The molecule has 4 aromatic rings. The lowest BCUT2D eigenvalue weighted by Crippen LogP contribution is -2.24. The van der Waals surface area contributed by atoms with Gasteiger partial charge in [0.1, 0.15) is 5.82 Å². The number of ketones is 1. The van der Waals surface area contributed by atoms with Crippen LogP contribution in [0.15, 0.2) is 53.3 Å². The number of ether oxygens (including phenoxy) is 1. The van der Waals surface area contributed by atoms with Crippen LogP contribution in [0.5, 0.6) is 0 Å². The molecule has 0 fully saturated rings. The van der Waals surface area contributed by atoms with E-state index in [1.54, 1.807) is 60.9 Å². The number of rotatable bonds is 5. The van der Waals surface area contributed by atoms with E-state index in [1.165, 1.54) is 13.1 Å². The van der Waals surface area contributed by atoms with Crippen molar-refractivity contribution in [2.45, 2.75) is 20.8 Å². The average molecular weight is 447 g/mol. The molecule has 33 heavy (non-hydrogen) atoms. The molecule has 0 saturated carbocycles.